The molecule has 0 aromatic heterocycles. The molecule has 1 aliphatic heterocycles. The van der Waals surface area contributed by atoms with Crippen molar-refractivity contribution in [2.45, 2.75) is 51.5 Å². The number of hydrogen-bond donors (Lipinski definition) is 0. The second kappa shape index (κ2) is 11.7. The van der Waals surface area contributed by atoms with Crippen molar-refractivity contribution in [2.24, 2.45) is 0 Å². The molecule has 2 amide bonds. The Balaban J connectivity index is 1.78. The zero-order valence-corrected chi connectivity index (χ0v) is 24.8. The van der Waals surface area contributed by atoms with Crippen LogP contribution in [0.25, 0.3) is 0 Å². The molecule has 41 heavy (non-hydrogen) atoms. The fourth-order valence-corrected chi connectivity index (χ4v) is 7.36. The van der Waals surface area contributed by atoms with Crippen LogP contribution in [-0.4, -0.2) is 51.3 Å². The molecule has 1 heterocycles. The number of nitriles is 1. The summed E-state index contributed by atoms with van der Waals surface area (Å²) in [6.07, 6.45) is -0.0375. The summed E-state index contributed by atoms with van der Waals surface area (Å²) in [5, 5.41) is 9.12. The Morgan fingerprint density at radius 2 is 1.54 bits per heavy atom. The Morgan fingerprint density at radius 3 is 2.10 bits per heavy atom. The summed E-state index contributed by atoms with van der Waals surface area (Å²) in [6.45, 7) is 7.17. The first-order chi connectivity index (χ1) is 19.4. The number of ether oxygens (including phenoxy) is 2. The summed E-state index contributed by atoms with van der Waals surface area (Å²) >= 11 is 0. The van der Waals surface area contributed by atoms with Gasteiger partial charge in [-0.1, -0.05) is 12.1 Å². The van der Waals surface area contributed by atoms with Crippen molar-refractivity contribution in [3.8, 4) is 17.6 Å². The van der Waals surface area contributed by atoms with Crippen LogP contribution in [-0.2, 0) is 26.0 Å². The van der Waals surface area contributed by atoms with Gasteiger partial charge in [-0.2, -0.15) is 9.57 Å². The molecule has 10 heteroatoms. The molecule has 1 atom stereocenters. The van der Waals surface area contributed by atoms with E-state index in [1.165, 1.54) is 42.8 Å². The van der Waals surface area contributed by atoms with Crippen molar-refractivity contribution in [3.05, 3.63) is 81.9 Å². The highest BCUT2D eigenvalue weighted by molar-refractivity contribution is 7.89. The van der Waals surface area contributed by atoms with Gasteiger partial charge in [-0.05, 0) is 98.3 Å². The van der Waals surface area contributed by atoms with E-state index in [1.807, 2.05) is 32.0 Å². The minimum absolute atomic E-state index is 0.0470. The number of benzene rings is 3. The van der Waals surface area contributed by atoms with Crippen molar-refractivity contribution in [1.82, 2.24) is 4.31 Å². The standard InChI is InChI=1S/C31H33N3O6S/c1-19-15-20(2)22(4)30(21(19)3)41(37,38)33(14-13-23-9-12-27(39-5)28(16-23)40-6)26-17-29(35)34(31(26)36)25-10-7-24(18-32)8-11-25/h7-12,15-16,26H,13-14,17H2,1-6H3. The van der Waals surface area contributed by atoms with Crippen LogP contribution < -0.4 is 14.4 Å². The van der Waals surface area contributed by atoms with E-state index < -0.39 is 27.9 Å². The first-order valence-corrected chi connectivity index (χ1v) is 14.6. The van der Waals surface area contributed by atoms with Gasteiger partial charge in [0, 0.05) is 6.54 Å². The van der Waals surface area contributed by atoms with Gasteiger partial charge in [-0.3, -0.25) is 9.59 Å². The molecule has 0 N–H and O–H groups in total. The summed E-state index contributed by atoms with van der Waals surface area (Å²) in [5.41, 5.74) is 4.29. The second-order valence-electron chi connectivity index (χ2n) is 10.1. The molecule has 9 nitrogen and oxygen atoms in total. The molecule has 3 aromatic rings. The number of sulfonamides is 1. The number of carbonyl (C=O) groups is 2. The SMILES string of the molecule is COc1ccc(CCN(C2CC(=O)N(c3ccc(C#N)cc3)C2=O)S(=O)(=O)c2c(C)c(C)cc(C)c2C)cc1OC. The molecule has 214 valence electrons. The Labute approximate surface area is 241 Å². The molecule has 0 aliphatic carbocycles. The average Bonchev–Trinajstić information content (AvgIpc) is 3.24. The summed E-state index contributed by atoms with van der Waals surface area (Å²) < 4.78 is 40.8. The number of amides is 2. The molecule has 1 aliphatic rings. The summed E-state index contributed by atoms with van der Waals surface area (Å²) in [7, 11) is -1.18. The van der Waals surface area contributed by atoms with Gasteiger partial charge in [0.1, 0.15) is 6.04 Å². The van der Waals surface area contributed by atoms with E-state index in [4.69, 9.17) is 14.7 Å². The first kappa shape index (κ1) is 29.8. The third kappa shape index (κ3) is 5.56. The minimum Gasteiger partial charge on any atom is -0.493 e. The summed E-state index contributed by atoms with van der Waals surface area (Å²) in [4.78, 5) is 28.1. The quantitative estimate of drug-likeness (QED) is 0.348. The smallest absolute Gasteiger partial charge is 0.252 e. The molecular formula is C31H33N3O6S. The van der Waals surface area contributed by atoms with E-state index in [2.05, 4.69) is 0 Å². The van der Waals surface area contributed by atoms with Gasteiger partial charge in [0.25, 0.3) is 5.91 Å². The second-order valence-corrected chi connectivity index (χ2v) is 11.9. The van der Waals surface area contributed by atoms with Crippen LogP contribution in [0.3, 0.4) is 0 Å². The highest BCUT2D eigenvalue weighted by Crippen LogP contribution is 2.34. The minimum atomic E-state index is -4.23. The summed E-state index contributed by atoms with van der Waals surface area (Å²) in [5.74, 6) is -0.100. The lowest BCUT2D eigenvalue weighted by molar-refractivity contribution is -0.122. The highest BCUT2D eigenvalue weighted by atomic mass is 32.2. The number of carbonyl (C=O) groups excluding carboxylic acids is 2. The zero-order chi connectivity index (χ0) is 30.1. The van der Waals surface area contributed by atoms with Gasteiger partial charge in [0.05, 0.1) is 42.9 Å². The maximum absolute atomic E-state index is 14.5. The number of aryl methyl sites for hydroxylation is 2. The van der Waals surface area contributed by atoms with Gasteiger partial charge in [0.15, 0.2) is 11.5 Å². The van der Waals surface area contributed by atoms with Crippen LogP contribution in [0.4, 0.5) is 5.69 Å². The predicted molar refractivity (Wildman–Crippen MR) is 155 cm³/mol. The largest absolute Gasteiger partial charge is 0.493 e. The van der Waals surface area contributed by atoms with Crippen LogP contribution in [0.15, 0.2) is 53.4 Å². The first-order valence-electron chi connectivity index (χ1n) is 13.1. The van der Waals surface area contributed by atoms with Gasteiger partial charge < -0.3 is 9.47 Å². The Morgan fingerprint density at radius 1 is 0.927 bits per heavy atom. The highest BCUT2D eigenvalue weighted by Gasteiger charge is 2.47. The maximum Gasteiger partial charge on any atom is 0.252 e. The lowest BCUT2D eigenvalue weighted by Gasteiger charge is -2.29. The lowest BCUT2D eigenvalue weighted by atomic mass is 10.0. The summed E-state index contributed by atoms with van der Waals surface area (Å²) in [6, 6.07) is 14.1. The van der Waals surface area contributed by atoms with Crippen molar-refractivity contribution in [1.29, 1.82) is 5.26 Å². The molecular weight excluding hydrogens is 542 g/mol. The van der Waals surface area contributed by atoms with E-state index in [0.29, 0.717) is 28.2 Å². The van der Waals surface area contributed by atoms with Crippen molar-refractivity contribution in [3.63, 3.8) is 0 Å². The number of methoxy groups -OCH3 is 2. The lowest BCUT2D eigenvalue weighted by Crippen LogP contribution is -2.46. The van der Waals surface area contributed by atoms with Crippen LogP contribution in [0, 0.1) is 39.0 Å². The predicted octanol–water partition coefficient (Wildman–Crippen LogP) is 4.37. The van der Waals surface area contributed by atoms with E-state index in [0.717, 1.165) is 21.6 Å². The van der Waals surface area contributed by atoms with E-state index >= 15 is 0 Å². The van der Waals surface area contributed by atoms with Gasteiger partial charge in [-0.25, -0.2) is 13.3 Å². The number of rotatable bonds is 9. The van der Waals surface area contributed by atoms with Gasteiger partial charge >= 0.3 is 0 Å². The molecule has 0 spiro atoms. The fraction of sp³-hybridized carbons (Fsp3) is 0.323. The Hall–Kier alpha value is -4.20. The monoisotopic (exact) mass is 575 g/mol. The van der Waals surface area contributed by atoms with E-state index in [1.54, 1.807) is 26.0 Å². The fourth-order valence-electron chi connectivity index (χ4n) is 5.20. The average molecular weight is 576 g/mol. The topological polar surface area (TPSA) is 117 Å². The zero-order valence-electron chi connectivity index (χ0n) is 24.0. The number of imide groups is 1. The number of nitrogens with zero attached hydrogens (tertiary/aromatic N) is 3. The van der Waals surface area contributed by atoms with Crippen LogP contribution >= 0.6 is 0 Å². The molecule has 0 saturated carbocycles. The Kier molecular flexibility index (Phi) is 8.52. The third-order valence-corrected chi connectivity index (χ3v) is 9.84. The van der Waals surface area contributed by atoms with Crippen LogP contribution in [0.5, 0.6) is 11.5 Å². The van der Waals surface area contributed by atoms with Gasteiger partial charge in [0.2, 0.25) is 15.9 Å². The molecule has 3 aromatic carbocycles. The van der Waals surface area contributed by atoms with Gasteiger partial charge in [-0.15, -0.1) is 0 Å². The van der Waals surface area contributed by atoms with Crippen molar-refractivity contribution < 1.29 is 27.5 Å². The maximum atomic E-state index is 14.5. The molecule has 1 saturated heterocycles. The molecule has 4 rings (SSSR count). The number of anilines is 1. The Bertz CT molecular complexity index is 1630. The van der Waals surface area contributed by atoms with Crippen molar-refractivity contribution in [2.75, 3.05) is 25.7 Å². The van der Waals surface area contributed by atoms with Crippen molar-refractivity contribution >= 4 is 27.5 Å². The molecule has 0 bridgehead atoms. The molecule has 1 fully saturated rings. The molecule has 1 unspecified atom stereocenters. The molecule has 0 radical (unpaired) electrons. The third-order valence-electron chi connectivity index (χ3n) is 7.66. The van der Waals surface area contributed by atoms with Crippen LogP contribution in [0.1, 0.15) is 39.8 Å². The van der Waals surface area contributed by atoms with E-state index in [-0.39, 0.29) is 30.0 Å². The van der Waals surface area contributed by atoms with E-state index in [9.17, 15) is 18.0 Å². The van der Waals surface area contributed by atoms with Crippen LogP contribution in [0.2, 0.25) is 0 Å². The normalized spacial score (nSPS) is 15.4. The number of hydrogen-bond acceptors (Lipinski definition) is 7.